The van der Waals surface area contributed by atoms with Crippen molar-refractivity contribution in [3.63, 3.8) is 0 Å². The number of sulfonamides is 1. The van der Waals surface area contributed by atoms with Gasteiger partial charge in [0.25, 0.3) is 0 Å². The third kappa shape index (κ3) is 9.74. The molecule has 1 atom stereocenters. The highest BCUT2D eigenvalue weighted by Gasteiger charge is 2.21. The minimum atomic E-state index is -3.59. The Balaban J connectivity index is 1.55. The number of aliphatic hydroxyl groups excluding tert-OH is 1. The number of carbonyl (C=O) groups excluding carboxylic acids is 1. The van der Waals surface area contributed by atoms with Crippen molar-refractivity contribution in [1.82, 2.24) is 10.6 Å². The van der Waals surface area contributed by atoms with Crippen molar-refractivity contribution >= 4 is 33.2 Å². The first kappa shape index (κ1) is 30.2. The van der Waals surface area contributed by atoms with E-state index in [2.05, 4.69) is 15.4 Å². The number of phenolic OH excluding ortho intramolecular Hbond substituents is 2. The van der Waals surface area contributed by atoms with Crippen LogP contribution in [-0.2, 0) is 34.2 Å². The van der Waals surface area contributed by atoms with Gasteiger partial charge in [-0.15, -0.1) is 0 Å². The van der Waals surface area contributed by atoms with E-state index >= 15 is 0 Å². The third-order valence-corrected chi connectivity index (χ3v) is 6.93. The Hall–Kier alpha value is -3.31. The van der Waals surface area contributed by atoms with E-state index in [0.717, 1.165) is 17.4 Å². The van der Waals surface area contributed by atoms with Gasteiger partial charge in [0.15, 0.2) is 0 Å². The van der Waals surface area contributed by atoms with Gasteiger partial charge in [0.05, 0.1) is 24.5 Å². The minimum absolute atomic E-state index is 0.000301. The average molecular weight is 576 g/mol. The van der Waals surface area contributed by atoms with Crippen LogP contribution in [0, 0.1) is 0 Å². The zero-order chi connectivity index (χ0) is 28.8. The minimum Gasteiger partial charge on any atom is -0.508 e. The van der Waals surface area contributed by atoms with Gasteiger partial charge in [-0.3, -0.25) is 9.52 Å². The van der Waals surface area contributed by atoms with E-state index in [0.29, 0.717) is 22.6 Å². The summed E-state index contributed by atoms with van der Waals surface area (Å²) in [6, 6.07) is 16.6. The highest BCUT2D eigenvalue weighted by molar-refractivity contribution is 7.92. The van der Waals surface area contributed by atoms with Gasteiger partial charge < -0.3 is 26.0 Å². The lowest BCUT2D eigenvalue weighted by Crippen LogP contribution is -2.43. The number of aliphatic hydroxyl groups is 1. The molecule has 0 heterocycles. The van der Waals surface area contributed by atoms with Crippen LogP contribution < -0.4 is 15.4 Å². The smallest absolute Gasteiger partial charge is 0.229 e. The Morgan fingerprint density at radius 3 is 2.44 bits per heavy atom. The fourth-order valence-electron chi connectivity index (χ4n) is 4.08. The average Bonchev–Trinajstić information content (AvgIpc) is 2.82. The number of aromatic hydroxyl groups is 2. The molecule has 0 unspecified atom stereocenters. The van der Waals surface area contributed by atoms with Crippen molar-refractivity contribution in [3.8, 4) is 11.5 Å². The summed E-state index contributed by atoms with van der Waals surface area (Å²) in [6.45, 7) is 4.43. The summed E-state index contributed by atoms with van der Waals surface area (Å²) in [5, 5.41) is 36.6. The Bertz CT molecular complexity index is 1430. The normalized spacial score (nSPS) is 12.6. The maximum Gasteiger partial charge on any atom is 0.229 e. The maximum atomic E-state index is 12.5. The second-order valence-corrected chi connectivity index (χ2v) is 12.3. The zero-order valence-electron chi connectivity index (χ0n) is 22.0. The monoisotopic (exact) mass is 575 g/mol. The summed E-state index contributed by atoms with van der Waals surface area (Å²) < 4.78 is 25.3. The van der Waals surface area contributed by atoms with E-state index in [1.807, 2.05) is 38.1 Å². The van der Waals surface area contributed by atoms with Gasteiger partial charge in [-0.25, -0.2) is 8.42 Å². The molecule has 3 aromatic rings. The lowest BCUT2D eigenvalue weighted by Gasteiger charge is -2.28. The van der Waals surface area contributed by atoms with E-state index < -0.39 is 21.7 Å². The summed E-state index contributed by atoms with van der Waals surface area (Å²) in [5.41, 5.74) is 2.61. The lowest BCUT2D eigenvalue weighted by atomic mass is 9.93. The molecule has 0 radical (unpaired) electrons. The Labute approximate surface area is 233 Å². The molecule has 210 valence electrons. The molecule has 6 N–H and O–H groups in total. The first-order valence-corrected chi connectivity index (χ1v) is 14.5. The van der Waals surface area contributed by atoms with Gasteiger partial charge in [-0.2, -0.15) is 0 Å². The molecule has 0 fully saturated rings. The Kier molecular flexibility index (Phi) is 9.84. The molecule has 1 amide bonds. The molecule has 0 spiro atoms. The topological polar surface area (TPSA) is 148 Å². The molecule has 0 aromatic heterocycles. The number of β-amino-alcohol motifs (C(OH)–C–C–N with tert-alkyl or cyclic N) is 1. The van der Waals surface area contributed by atoms with Crippen molar-refractivity contribution in [1.29, 1.82) is 0 Å². The molecule has 0 aliphatic rings. The third-order valence-electron chi connectivity index (χ3n) is 5.99. The molecule has 11 heteroatoms. The van der Waals surface area contributed by atoms with Gasteiger partial charge in [0, 0.05) is 23.7 Å². The molecule has 0 aliphatic carbocycles. The fourth-order valence-corrected chi connectivity index (χ4v) is 4.88. The standard InChI is InChI=1S/C28H34ClN3O6S/c1-28(2,31-17-26(35)20-8-10-25(34)24(13-20)32-39(3,37)38)15-19-6-4-5-18(11-19)12-27(36)30-16-21-7-9-22(33)14-23(21)29/h4-11,13-14,26,31-35H,12,15-17H2,1-3H3,(H,30,36)/t26-/m1/s1. The van der Waals surface area contributed by atoms with E-state index in [1.165, 1.54) is 30.3 Å². The van der Waals surface area contributed by atoms with Crippen LogP contribution in [0.5, 0.6) is 11.5 Å². The van der Waals surface area contributed by atoms with Crippen LogP contribution >= 0.6 is 11.6 Å². The van der Waals surface area contributed by atoms with Crippen molar-refractivity contribution in [3.05, 3.63) is 87.9 Å². The number of halogens is 1. The number of nitrogens with one attached hydrogen (secondary N) is 3. The van der Waals surface area contributed by atoms with Crippen LogP contribution in [0.4, 0.5) is 5.69 Å². The lowest BCUT2D eigenvalue weighted by molar-refractivity contribution is -0.120. The summed E-state index contributed by atoms with van der Waals surface area (Å²) in [6.07, 6.45) is 0.854. The van der Waals surface area contributed by atoms with Crippen molar-refractivity contribution in [2.75, 3.05) is 17.5 Å². The summed E-state index contributed by atoms with van der Waals surface area (Å²) in [4.78, 5) is 12.5. The fraction of sp³-hybridized carbons (Fsp3) is 0.321. The molecule has 0 aliphatic heterocycles. The number of phenols is 2. The quantitative estimate of drug-likeness (QED) is 0.181. The van der Waals surface area contributed by atoms with E-state index in [9.17, 15) is 28.5 Å². The molecule has 0 bridgehead atoms. The first-order valence-electron chi connectivity index (χ1n) is 12.3. The molecule has 0 saturated heterocycles. The predicted octanol–water partition coefficient (Wildman–Crippen LogP) is 3.63. The van der Waals surface area contributed by atoms with Gasteiger partial charge in [0.2, 0.25) is 15.9 Å². The largest absolute Gasteiger partial charge is 0.508 e. The van der Waals surface area contributed by atoms with Crippen LogP contribution in [0.1, 0.15) is 42.2 Å². The van der Waals surface area contributed by atoms with Crippen LogP contribution in [0.25, 0.3) is 0 Å². The Morgan fingerprint density at radius 2 is 1.74 bits per heavy atom. The molecule has 3 aromatic carbocycles. The van der Waals surface area contributed by atoms with Crippen molar-refractivity contribution < 1.29 is 28.5 Å². The molecule has 3 rings (SSSR count). The molecular weight excluding hydrogens is 542 g/mol. The summed E-state index contributed by atoms with van der Waals surface area (Å²) in [7, 11) is -3.59. The number of hydrogen-bond donors (Lipinski definition) is 6. The van der Waals surface area contributed by atoms with Gasteiger partial charge in [-0.1, -0.05) is 48.0 Å². The van der Waals surface area contributed by atoms with Crippen molar-refractivity contribution in [2.45, 2.75) is 44.9 Å². The van der Waals surface area contributed by atoms with E-state index in [-0.39, 0.29) is 42.6 Å². The van der Waals surface area contributed by atoms with Gasteiger partial charge in [0.1, 0.15) is 11.5 Å². The molecule has 0 saturated carbocycles. The SMILES string of the molecule is CC(C)(Cc1cccc(CC(=O)NCc2ccc(O)cc2Cl)c1)NC[C@@H](O)c1ccc(O)c(NS(C)(=O)=O)c1. The number of benzene rings is 3. The van der Waals surface area contributed by atoms with Crippen LogP contribution in [-0.4, -0.2) is 48.0 Å². The molecule has 39 heavy (non-hydrogen) atoms. The van der Waals surface area contributed by atoms with Crippen LogP contribution in [0.2, 0.25) is 5.02 Å². The molecular formula is C28H34ClN3O6S. The van der Waals surface area contributed by atoms with E-state index in [4.69, 9.17) is 11.6 Å². The van der Waals surface area contributed by atoms with Gasteiger partial charge in [-0.05, 0) is 66.8 Å². The summed E-state index contributed by atoms with van der Waals surface area (Å²) >= 11 is 6.10. The number of amides is 1. The number of anilines is 1. The van der Waals surface area contributed by atoms with E-state index in [1.54, 1.807) is 6.07 Å². The zero-order valence-corrected chi connectivity index (χ0v) is 23.6. The highest BCUT2D eigenvalue weighted by Crippen LogP contribution is 2.28. The van der Waals surface area contributed by atoms with Crippen LogP contribution in [0.3, 0.4) is 0 Å². The second-order valence-electron chi connectivity index (χ2n) is 10.2. The molecule has 9 nitrogen and oxygen atoms in total. The Morgan fingerprint density at radius 1 is 1.03 bits per heavy atom. The number of hydrogen-bond acceptors (Lipinski definition) is 7. The first-order chi connectivity index (χ1) is 18.2. The number of carbonyl (C=O) groups is 1. The number of rotatable bonds is 12. The highest BCUT2D eigenvalue weighted by atomic mass is 35.5. The second kappa shape index (κ2) is 12.7. The summed E-state index contributed by atoms with van der Waals surface area (Å²) in [5.74, 6) is -0.326. The predicted molar refractivity (Wildman–Crippen MR) is 152 cm³/mol. The van der Waals surface area contributed by atoms with Gasteiger partial charge >= 0.3 is 0 Å². The maximum absolute atomic E-state index is 12.5. The van der Waals surface area contributed by atoms with Crippen LogP contribution in [0.15, 0.2) is 60.7 Å². The van der Waals surface area contributed by atoms with Crippen molar-refractivity contribution in [2.24, 2.45) is 0 Å².